The Bertz CT molecular complexity index is 924. The van der Waals surface area contributed by atoms with Gasteiger partial charge < -0.3 is 19.7 Å². The third kappa shape index (κ3) is 6.61. The van der Waals surface area contributed by atoms with Crippen molar-refractivity contribution in [2.24, 2.45) is 0 Å². The van der Waals surface area contributed by atoms with E-state index in [9.17, 15) is 19.8 Å². The summed E-state index contributed by atoms with van der Waals surface area (Å²) in [4.78, 5) is 23.9. The van der Waals surface area contributed by atoms with E-state index >= 15 is 0 Å². The molecule has 0 aliphatic heterocycles. The molecule has 0 spiro atoms. The molecule has 2 aromatic carbocycles. The monoisotopic (exact) mass is 440 g/mol. The second-order valence-electron chi connectivity index (χ2n) is 9.68. The van der Waals surface area contributed by atoms with Crippen molar-refractivity contribution in [3.8, 4) is 11.5 Å². The highest BCUT2D eigenvalue weighted by atomic mass is 16.5. The molecule has 0 atom stereocenters. The number of phenolic OH excluding ortho intramolecular Hbond substituents is 2. The maximum absolute atomic E-state index is 12.0. The molecule has 0 bridgehead atoms. The van der Waals surface area contributed by atoms with Crippen molar-refractivity contribution in [2.75, 3.05) is 0 Å². The van der Waals surface area contributed by atoms with Crippen LogP contribution < -0.4 is 0 Å². The number of carbonyl (C=O) groups is 2. The van der Waals surface area contributed by atoms with Crippen LogP contribution in [-0.4, -0.2) is 22.2 Å². The van der Waals surface area contributed by atoms with Crippen LogP contribution in [0.1, 0.15) is 63.8 Å². The summed E-state index contributed by atoms with van der Waals surface area (Å²) in [6.45, 7) is 11.6. The highest BCUT2D eigenvalue weighted by molar-refractivity contribution is 5.91. The summed E-state index contributed by atoms with van der Waals surface area (Å²) in [5.74, 6) is -1.29. The highest BCUT2D eigenvalue weighted by Gasteiger charge is 2.21. The first-order chi connectivity index (χ1) is 14.8. The van der Waals surface area contributed by atoms with E-state index in [1.165, 1.54) is 0 Å². The third-order valence-electron chi connectivity index (χ3n) is 4.95. The molecule has 0 aliphatic rings. The Labute approximate surface area is 189 Å². The Hall–Kier alpha value is -3.28. The van der Waals surface area contributed by atoms with Crippen LogP contribution in [0.5, 0.6) is 11.5 Å². The summed E-state index contributed by atoms with van der Waals surface area (Å²) < 4.78 is 10.3. The van der Waals surface area contributed by atoms with E-state index in [1.807, 2.05) is 53.7 Å². The number of para-hydroxylation sites is 2. The average molecular weight is 441 g/mol. The maximum Gasteiger partial charge on any atom is 0.331 e. The molecule has 2 aromatic rings. The Morgan fingerprint density at radius 1 is 0.719 bits per heavy atom. The summed E-state index contributed by atoms with van der Waals surface area (Å²) >= 11 is 0. The minimum atomic E-state index is -0.736. The first-order valence-electron chi connectivity index (χ1n) is 10.4. The molecule has 0 aromatic heterocycles. The number of hydrogen-bond acceptors (Lipinski definition) is 6. The number of ether oxygens (including phenoxy) is 2. The molecule has 0 unspecified atom stereocenters. The van der Waals surface area contributed by atoms with Gasteiger partial charge >= 0.3 is 11.9 Å². The van der Waals surface area contributed by atoms with Crippen LogP contribution in [0.2, 0.25) is 0 Å². The number of hydrogen-bond donors (Lipinski definition) is 2. The molecule has 0 saturated carbocycles. The Kier molecular flexibility index (Phi) is 7.73. The molecule has 6 nitrogen and oxygen atoms in total. The third-order valence-corrected chi connectivity index (χ3v) is 4.95. The van der Waals surface area contributed by atoms with Crippen molar-refractivity contribution >= 4 is 11.9 Å². The van der Waals surface area contributed by atoms with Gasteiger partial charge in [0.25, 0.3) is 0 Å². The van der Waals surface area contributed by atoms with Crippen LogP contribution >= 0.6 is 0 Å². The van der Waals surface area contributed by atoms with Crippen molar-refractivity contribution in [1.82, 2.24) is 0 Å². The largest absolute Gasteiger partial charge is 0.507 e. The predicted molar refractivity (Wildman–Crippen MR) is 122 cm³/mol. The molecule has 2 rings (SSSR count). The molecule has 32 heavy (non-hydrogen) atoms. The first kappa shape index (κ1) is 25.0. The van der Waals surface area contributed by atoms with Gasteiger partial charge in [0, 0.05) is 23.3 Å². The average Bonchev–Trinajstić information content (AvgIpc) is 2.69. The summed E-state index contributed by atoms with van der Waals surface area (Å²) in [6, 6.07) is 10.6. The molecular formula is C26H32O6. The van der Waals surface area contributed by atoms with Gasteiger partial charge in [-0.1, -0.05) is 77.9 Å². The van der Waals surface area contributed by atoms with E-state index < -0.39 is 11.9 Å². The van der Waals surface area contributed by atoms with Crippen molar-refractivity contribution in [3.63, 3.8) is 0 Å². The van der Waals surface area contributed by atoms with Gasteiger partial charge in [-0.2, -0.15) is 0 Å². The smallest absolute Gasteiger partial charge is 0.331 e. The van der Waals surface area contributed by atoms with Crippen LogP contribution in [0, 0.1) is 0 Å². The number of aromatic hydroxyl groups is 2. The molecule has 172 valence electrons. The molecular weight excluding hydrogens is 408 g/mol. The fourth-order valence-electron chi connectivity index (χ4n) is 3.16. The van der Waals surface area contributed by atoms with Gasteiger partial charge in [0.2, 0.25) is 0 Å². The van der Waals surface area contributed by atoms with E-state index in [0.29, 0.717) is 11.1 Å². The van der Waals surface area contributed by atoms with Gasteiger partial charge in [-0.05, 0) is 22.0 Å². The fourth-order valence-corrected chi connectivity index (χ4v) is 3.16. The van der Waals surface area contributed by atoms with Gasteiger partial charge in [0.1, 0.15) is 24.7 Å². The lowest BCUT2D eigenvalue weighted by atomic mass is 9.85. The number of phenols is 2. The normalized spacial score (nSPS) is 12.1. The Balaban J connectivity index is 1.92. The lowest BCUT2D eigenvalue weighted by Gasteiger charge is -2.21. The molecule has 6 heteroatoms. The topological polar surface area (TPSA) is 93.1 Å². The van der Waals surface area contributed by atoms with E-state index in [-0.39, 0.29) is 35.5 Å². The fraction of sp³-hybridized carbons (Fsp3) is 0.385. The second kappa shape index (κ2) is 9.90. The lowest BCUT2D eigenvalue weighted by Crippen LogP contribution is -2.12. The Morgan fingerprint density at radius 3 is 1.38 bits per heavy atom. The number of rotatable bonds is 6. The number of esters is 2. The van der Waals surface area contributed by atoms with Crippen molar-refractivity contribution in [1.29, 1.82) is 0 Å². The van der Waals surface area contributed by atoms with Gasteiger partial charge in [-0.25, -0.2) is 9.59 Å². The Morgan fingerprint density at radius 2 is 1.06 bits per heavy atom. The van der Waals surface area contributed by atoms with Gasteiger partial charge in [0.15, 0.2) is 0 Å². The van der Waals surface area contributed by atoms with Crippen LogP contribution in [0.4, 0.5) is 0 Å². The van der Waals surface area contributed by atoms with E-state index in [1.54, 1.807) is 24.3 Å². The maximum atomic E-state index is 12.0. The zero-order chi connectivity index (χ0) is 24.1. The van der Waals surface area contributed by atoms with Crippen molar-refractivity contribution < 1.29 is 29.3 Å². The SMILES string of the molecule is CC(C)(C)c1cccc(COC(=O)/C=C\C(=O)OCc2cccc(C(C)(C)C)c2O)c1O. The van der Waals surface area contributed by atoms with E-state index in [0.717, 1.165) is 23.3 Å². The molecule has 0 radical (unpaired) electrons. The molecule has 0 fully saturated rings. The molecule has 0 heterocycles. The van der Waals surface area contributed by atoms with Crippen LogP contribution in [0.25, 0.3) is 0 Å². The van der Waals surface area contributed by atoms with Crippen LogP contribution in [0.3, 0.4) is 0 Å². The van der Waals surface area contributed by atoms with E-state index in [4.69, 9.17) is 9.47 Å². The standard InChI is InChI=1S/C26H32O6/c1-25(2,3)19-11-7-9-17(23(19)29)15-31-21(27)13-14-22(28)32-16-18-10-8-12-20(24(18)30)26(4,5)6/h7-14,29-30H,15-16H2,1-6H3/b14-13-. The summed E-state index contributed by atoms with van der Waals surface area (Å²) in [6.07, 6.45) is 1.94. The molecule has 0 saturated heterocycles. The zero-order valence-corrected chi connectivity index (χ0v) is 19.6. The van der Waals surface area contributed by atoms with Gasteiger partial charge in [-0.3, -0.25) is 0 Å². The van der Waals surface area contributed by atoms with Crippen molar-refractivity contribution in [2.45, 2.75) is 65.6 Å². The summed E-state index contributed by atoms with van der Waals surface area (Å²) in [5, 5.41) is 20.8. The molecule has 2 N–H and O–H groups in total. The number of carbonyl (C=O) groups excluding carboxylic acids is 2. The first-order valence-corrected chi connectivity index (χ1v) is 10.4. The van der Waals surface area contributed by atoms with Crippen molar-refractivity contribution in [3.05, 3.63) is 70.8 Å². The number of benzene rings is 2. The van der Waals surface area contributed by atoms with E-state index in [2.05, 4.69) is 0 Å². The predicted octanol–water partition coefficient (Wildman–Crippen LogP) is 5.04. The zero-order valence-electron chi connectivity index (χ0n) is 19.6. The molecule has 0 aliphatic carbocycles. The minimum absolute atomic E-state index is 0.0912. The van der Waals surface area contributed by atoms with Gasteiger partial charge in [0.05, 0.1) is 0 Å². The quantitative estimate of drug-likeness (QED) is 0.483. The van der Waals surface area contributed by atoms with Crippen LogP contribution in [-0.2, 0) is 43.1 Å². The summed E-state index contributed by atoms with van der Waals surface area (Å²) in [5.41, 5.74) is 1.96. The highest BCUT2D eigenvalue weighted by Crippen LogP contribution is 2.34. The minimum Gasteiger partial charge on any atom is -0.507 e. The van der Waals surface area contributed by atoms with Gasteiger partial charge in [-0.15, -0.1) is 0 Å². The second-order valence-corrected chi connectivity index (χ2v) is 9.68. The summed E-state index contributed by atoms with van der Waals surface area (Å²) in [7, 11) is 0. The molecule has 0 amide bonds. The van der Waals surface area contributed by atoms with Crippen LogP contribution in [0.15, 0.2) is 48.6 Å². The lowest BCUT2D eigenvalue weighted by molar-refractivity contribution is -0.141.